The van der Waals surface area contributed by atoms with Crippen molar-refractivity contribution in [2.24, 2.45) is 0 Å². The quantitative estimate of drug-likeness (QED) is 0.629. The maximum Gasteiger partial charge on any atom is 0.422 e. The van der Waals surface area contributed by atoms with Crippen molar-refractivity contribution < 1.29 is 14.3 Å². The summed E-state index contributed by atoms with van der Waals surface area (Å²) in [5, 5.41) is 2.47. The maximum atomic E-state index is 11.0. The van der Waals surface area contributed by atoms with Gasteiger partial charge in [-0.3, -0.25) is 0 Å². The molecule has 1 N–H and O–H groups in total. The molecule has 1 rings (SSSR count). The number of hydrogen-bond donors (Lipinski definition) is 1. The molecule has 66 valence electrons. The second-order valence-electron chi connectivity index (χ2n) is 2.14. The Kier molecular flexibility index (Phi) is 2.68. The number of urea groups is 1. The average molecular weight is 170 g/mol. The highest BCUT2D eigenvalue weighted by Gasteiger charge is 2.21. The summed E-state index contributed by atoms with van der Waals surface area (Å²) < 4.78 is 4.63. The highest BCUT2D eigenvalue weighted by molar-refractivity contribution is 5.92. The Morgan fingerprint density at radius 2 is 2.58 bits per heavy atom. The van der Waals surface area contributed by atoms with Crippen molar-refractivity contribution in [2.45, 2.75) is 6.92 Å². The van der Waals surface area contributed by atoms with Gasteiger partial charge in [-0.25, -0.2) is 14.5 Å². The van der Waals surface area contributed by atoms with Crippen LogP contribution in [0.25, 0.3) is 0 Å². The van der Waals surface area contributed by atoms with E-state index in [1.165, 1.54) is 6.20 Å². The number of imide groups is 1. The first-order chi connectivity index (χ1) is 5.75. The molecule has 0 bridgehead atoms. The van der Waals surface area contributed by atoms with Crippen molar-refractivity contribution in [1.29, 1.82) is 0 Å². The smallest absolute Gasteiger partial charge is 0.422 e. The molecule has 0 aromatic carbocycles. The van der Waals surface area contributed by atoms with Crippen LogP contribution >= 0.6 is 0 Å². The molecule has 1 heterocycles. The van der Waals surface area contributed by atoms with Crippen molar-refractivity contribution in [3.05, 3.63) is 12.3 Å². The van der Waals surface area contributed by atoms with Gasteiger partial charge >= 0.3 is 12.1 Å². The summed E-state index contributed by atoms with van der Waals surface area (Å²) in [6.07, 6.45) is 2.42. The number of amides is 3. The summed E-state index contributed by atoms with van der Waals surface area (Å²) in [7, 11) is 0. The fourth-order valence-electron chi connectivity index (χ4n) is 0.794. The number of rotatable bonds is 1. The molecular formula is C7H10N2O3. The van der Waals surface area contributed by atoms with Crippen LogP contribution < -0.4 is 5.32 Å². The first-order valence-corrected chi connectivity index (χ1v) is 3.66. The molecule has 5 heteroatoms. The standard InChI is InChI=1S/C7H10N2O3/c1-2-12-7(11)9-5-3-4-8-6(9)10/h3,5H,2,4H2,1H3,(H,8,10). The Labute approximate surface area is 70.0 Å². The lowest BCUT2D eigenvalue weighted by Gasteiger charge is -2.19. The lowest BCUT2D eigenvalue weighted by Crippen LogP contribution is -2.43. The van der Waals surface area contributed by atoms with E-state index < -0.39 is 12.1 Å². The minimum absolute atomic E-state index is 0.260. The molecule has 0 saturated carbocycles. The minimum Gasteiger partial charge on any atom is -0.449 e. The second-order valence-corrected chi connectivity index (χ2v) is 2.14. The van der Waals surface area contributed by atoms with Crippen LogP contribution in [-0.4, -0.2) is 30.2 Å². The van der Waals surface area contributed by atoms with E-state index in [9.17, 15) is 9.59 Å². The number of nitrogens with zero attached hydrogens (tertiary/aromatic N) is 1. The van der Waals surface area contributed by atoms with Gasteiger partial charge in [0.05, 0.1) is 6.61 Å². The molecule has 0 spiro atoms. The molecule has 0 aromatic heterocycles. The lowest BCUT2D eigenvalue weighted by atomic mass is 10.5. The first kappa shape index (κ1) is 8.58. The summed E-state index contributed by atoms with van der Waals surface area (Å²) in [6.45, 7) is 2.40. The monoisotopic (exact) mass is 170 g/mol. The van der Waals surface area contributed by atoms with E-state index in [2.05, 4.69) is 10.1 Å². The van der Waals surface area contributed by atoms with Crippen molar-refractivity contribution in [1.82, 2.24) is 10.2 Å². The van der Waals surface area contributed by atoms with E-state index >= 15 is 0 Å². The van der Waals surface area contributed by atoms with Crippen LogP contribution in [0.2, 0.25) is 0 Å². The largest absolute Gasteiger partial charge is 0.449 e. The molecule has 12 heavy (non-hydrogen) atoms. The Bertz CT molecular complexity index is 225. The fourth-order valence-corrected chi connectivity index (χ4v) is 0.794. The Morgan fingerprint density at radius 3 is 3.17 bits per heavy atom. The number of ether oxygens (including phenoxy) is 1. The molecule has 1 aliphatic rings. The zero-order chi connectivity index (χ0) is 8.97. The predicted octanol–water partition coefficient (Wildman–Crippen LogP) is 0.682. The maximum absolute atomic E-state index is 11.0. The molecule has 3 amide bonds. The van der Waals surface area contributed by atoms with E-state index in [4.69, 9.17) is 0 Å². The van der Waals surface area contributed by atoms with E-state index in [1.54, 1.807) is 13.0 Å². The topological polar surface area (TPSA) is 58.6 Å². The lowest BCUT2D eigenvalue weighted by molar-refractivity contribution is 0.125. The van der Waals surface area contributed by atoms with Crippen LogP contribution in [0.4, 0.5) is 9.59 Å². The normalized spacial score (nSPS) is 15.8. The average Bonchev–Trinajstić information content (AvgIpc) is 2.05. The first-order valence-electron chi connectivity index (χ1n) is 3.66. The second kappa shape index (κ2) is 3.75. The highest BCUT2D eigenvalue weighted by Crippen LogP contribution is 1.99. The summed E-state index contributed by atoms with van der Waals surface area (Å²) in [4.78, 5) is 22.9. The summed E-state index contributed by atoms with van der Waals surface area (Å²) in [6, 6.07) is -0.448. The summed E-state index contributed by atoms with van der Waals surface area (Å²) >= 11 is 0. The van der Waals surface area contributed by atoms with Gasteiger partial charge in [-0.1, -0.05) is 0 Å². The molecular weight excluding hydrogens is 160 g/mol. The summed E-state index contributed by atoms with van der Waals surface area (Å²) in [5.41, 5.74) is 0. The number of carbonyl (C=O) groups excluding carboxylic acids is 2. The molecule has 0 unspecified atom stereocenters. The van der Waals surface area contributed by atoms with E-state index in [-0.39, 0.29) is 6.61 Å². The van der Waals surface area contributed by atoms with Gasteiger partial charge in [0.1, 0.15) is 0 Å². The van der Waals surface area contributed by atoms with Crippen LogP contribution in [0.15, 0.2) is 12.3 Å². The Hall–Kier alpha value is -1.52. The van der Waals surface area contributed by atoms with E-state index in [1.807, 2.05) is 0 Å². The number of carbonyl (C=O) groups is 2. The molecule has 5 nitrogen and oxygen atoms in total. The molecule has 0 aliphatic carbocycles. The SMILES string of the molecule is CCOC(=O)N1C=CCNC1=O. The molecule has 0 atom stereocenters. The van der Waals surface area contributed by atoms with Gasteiger partial charge in [-0.2, -0.15) is 0 Å². The number of hydrogen-bond acceptors (Lipinski definition) is 3. The highest BCUT2D eigenvalue weighted by atomic mass is 16.6. The van der Waals surface area contributed by atoms with E-state index in [0.717, 1.165) is 4.90 Å². The Morgan fingerprint density at radius 1 is 1.83 bits per heavy atom. The molecule has 0 radical (unpaired) electrons. The van der Waals surface area contributed by atoms with Gasteiger partial charge in [0.2, 0.25) is 0 Å². The van der Waals surface area contributed by atoms with Gasteiger partial charge in [-0.05, 0) is 13.0 Å². The van der Waals surface area contributed by atoms with Crippen LogP contribution in [-0.2, 0) is 4.74 Å². The van der Waals surface area contributed by atoms with Crippen molar-refractivity contribution in [2.75, 3.05) is 13.2 Å². The Balaban J connectivity index is 2.59. The molecule has 0 aromatic rings. The minimum atomic E-state index is -0.647. The van der Waals surface area contributed by atoms with Crippen LogP contribution in [0.1, 0.15) is 6.92 Å². The van der Waals surface area contributed by atoms with Crippen molar-refractivity contribution in [3.8, 4) is 0 Å². The third kappa shape index (κ3) is 1.75. The van der Waals surface area contributed by atoms with Gasteiger partial charge in [-0.15, -0.1) is 0 Å². The van der Waals surface area contributed by atoms with E-state index in [0.29, 0.717) is 6.54 Å². The van der Waals surface area contributed by atoms with Crippen molar-refractivity contribution >= 4 is 12.1 Å². The zero-order valence-electron chi connectivity index (χ0n) is 6.74. The number of nitrogens with one attached hydrogen (secondary N) is 1. The predicted molar refractivity (Wildman–Crippen MR) is 41.4 cm³/mol. The summed E-state index contributed by atoms with van der Waals surface area (Å²) in [5.74, 6) is 0. The third-order valence-electron chi connectivity index (χ3n) is 1.31. The molecule has 0 fully saturated rings. The van der Waals surface area contributed by atoms with Crippen LogP contribution in [0.5, 0.6) is 0 Å². The van der Waals surface area contributed by atoms with Gasteiger partial charge in [0, 0.05) is 12.7 Å². The zero-order valence-corrected chi connectivity index (χ0v) is 6.74. The third-order valence-corrected chi connectivity index (χ3v) is 1.31. The van der Waals surface area contributed by atoms with Gasteiger partial charge in [0.15, 0.2) is 0 Å². The van der Waals surface area contributed by atoms with Gasteiger partial charge < -0.3 is 10.1 Å². The molecule has 1 aliphatic heterocycles. The van der Waals surface area contributed by atoms with Crippen LogP contribution in [0, 0.1) is 0 Å². The molecule has 0 saturated heterocycles. The van der Waals surface area contributed by atoms with Crippen LogP contribution in [0.3, 0.4) is 0 Å². The van der Waals surface area contributed by atoms with Gasteiger partial charge in [0.25, 0.3) is 0 Å². The van der Waals surface area contributed by atoms with Crippen molar-refractivity contribution in [3.63, 3.8) is 0 Å². The fraction of sp³-hybridized carbons (Fsp3) is 0.429.